The maximum absolute atomic E-state index is 12.6. The number of carbonyl (C=O) groups is 1. The molecule has 124 valence electrons. The van der Waals surface area contributed by atoms with E-state index in [2.05, 4.69) is 20.2 Å². The van der Waals surface area contributed by atoms with Gasteiger partial charge in [0.1, 0.15) is 17.3 Å². The fraction of sp³-hybridized carbons (Fsp3) is 0.353. The molecule has 2 atom stereocenters. The van der Waals surface area contributed by atoms with Crippen molar-refractivity contribution in [2.24, 2.45) is 0 Å². The quantitative estimate of drug-likeness (QED) is 0.843. The smallest absolute Gasteiger partial charge is 0.215 e. The van der Waals surface area contributed by atoms with E-state index in [4.69, 9.17) is 5.73 Å². The first-order chi connectivity index (χ1) is 11.2. The molecule has 2 aliphatic heterocycles. The highest BCUT2D eigenvalue weighted by molar-refractivity contribution is 6.10. The summed E-state index contributed by atoms with van der Waals surface area (Å²) in [6.07, 6.45) is 4.00. The minimum atomic E-state index is -0.185. The van der Waals surface area contributed by atoms with Crippen LogP contribution in [0.2, 0.25) is 0 Å². The molecule has 0 amide bonds. The molecular formula is C17H25N5O. The molecule has 2 aromatic heterocycles. The predicted octanol–water partition coefficient (Wildman–Crippen LogP) is 1.97. The van der Waals surface area contributed by atoms with Crippen LogP contribution in [-0.2, 0) is 0 Å². The molecule has 3 N–H and O–H groups in total. The SMILES string of the molecule is Nc1ncccc1C(=O)c1cccc(N2CC3CCC(C2)N3)n1.[HH].[HH].[HH]. The number of carbonyl (C=O) groups excluding carboxylic acids is 1. The summed E-state index contributed by atoms with van der Waals surface area (Å²) < 4.78 is 0. The molecule has 4 rings (SSSR count). The Morgan fingerprint density at radius 1 is 1.22 bits per heavy atom. The molecule has 0 aromatic carbocycles. The van der Waals surface area contributed by atoms with Crippen LogP contribution in [0.1, 0.15) is 33.2 Å². The Morgan fingerprint density at radius 3 is 2.74 bits per heavy atom. The van der Waals surface area contributed by atoms with Crippen LogP contribution in [0.15, 0.2) is 36.5 Å². The second-order valence-electron chi connectivity index (χ2n) is 6.19. The number of piperazine rings is 1. The topological polar surface area (TPSA) is 84.1 Å². The summed E-state index contributed by atoms with van der Waals surface area (Å²) in [4.78, 5) is 23.4. The van der Waals surface area contributed by atoms with Gasteiger partial charge in [-0.25, -0.2) is 9.97 Å². The maximum Gasteiger partial charge on any atom is 0.215 e. The Labute approximate surface area is 139 Å². The molecule has 6 heteroatoms. The number of fused-ring (bicyclic) bond motifs is 2. The van der Waals surface area contributed by atoms with Gasteiger partial charge in [0.05, 0.1) is 5.56 Å². The third kappa shape index (κ3) is 2.66. The number of hydrogen-bond acceptors (Lipinski definition) is 6. The van der Waals surface area contributed by atoms with Crippen LogP contribution in [0, 0.1) is 0 Å². The molecule has 0 saturated carbocycles. The monoisotopic (exact) mass is 315 g/mol. The Kier molecular flexibility index (Phi) is 3.46. The molecule has 6 nitrogen and oxygen atoms in total. The second kappa shape index (κ2) is 5.62. The van der Waals surface area contributed by atoms with Gasteiger partial charge in [-0.05, 0) is 37.1 Å². The van der Waals surface area contributed by atoms with Crippen LogP contribution < -0.4 is 16.0 Å². The normalized spacial score (nSPS) is 23.0. The molecular weight excluding hydrogens is 290 g/mol. The van der Waals surface area contributed by atoms with Gasteiger partial charge in [-0.15, -0.1) is 0 Å². The highest BCUT2D eigenvalue weighted by Crippen LogP contribution is 2.24. The molecule has 2 unspecified atom stereocenters. The molecule has 0 radical (unpaired) electrons. The van der Waals surface area contributed by atoms with E-state index in [-0.39, 0.29) is 15.9 Å². The van der Waals surface area contributed by atoms with Crippen LogP contribution >= 0.6 is 0 Å². The predicted molar refractivity (Wildman–Crippen MR) is 94.8 cm³/mol. The minimum absolute atomic E-state index is 0. The van der Waals surface area contributed by atoms with Gasteiger partial charge in [-0.3, -0.25) is 4.79 Å². The lowest BCUT2D eigenvalue weighted by Gasteiger charge is -2.33. The third-order valence-electron chi connectivity index (χ3n) is 4.59. The van der Waals surface area contributed by atoms with E-state index in [1.807, 2.05) is 12.1 Å². The lowest BCUT2D eigenvalue weighted by Crippen LogP contribution is -2.51. The lowest BCUT2D eigenvalue weighted by atomic mass is 10.1. The third-order valence-corrected chi connectivity index (χ3v) is 4.59. The number of anilines is 2. The van der Waals surface area contributed by atoms with Crippen LogP contribution in [0.25, 0.3) is 0 Å². The van der Waals surface area contributed by atoms with E-state index in [0.717, 1.165) is 18.9 Å². The van der Waals surface area contributed by atoms with Crippen molar-refractivity contribution in [2.75, 3.05) is 23.7 Å². The zero-order chi connectivity index (χ0) is 15.8. The zero-order valence-electron chi connectivity index (χ0n) is 12.8. The highest BCUT2D eigenvalue weighted by Gasteiger charge is 2.32. The molecule has 23 heavy (non-hydrogen) atoms. The van der Waals surface area contributed by atoms with Gasteiger partial charge < -0.3 is 16.0 Å². The van der Waals surface area contributed by atoms with Gasteiger partial charge in [-0.1, -0.05) is 6.07 Å². The maximum atomic E-state index is 12.6. The first-order valence-electron chi connectivity index (χ1n) is 7.94. The van der Waals surface area contributed by atoms with E-state index < -0.39 is 0 Å². The molecule has 2 aliphatic rings. The Bertz CT molecular complexity index is 749. The fourth-order valence-corrected chi connectivity index (χ4v) is 3.46. The van der Waals surface area contributed by atoms with Crippen molar-refractivity contribution in [3.8, 4) is 0 Å². The molecule has 0 aliphatic carbocycles. The Balaban J connectivity index is 0.00000113. The van der Waals surface area contributed by atoms with Gasteiger partial charge in [0.25, 0.3) is 0 Å². The van der Waals surface area contributed by atoms with Crippen LogP contribution in [0.4, 0.5) is 11.6 Å². The number of pyridine rings is 2. The molecule has 2 fully saturated rings. The molecule has 4 heterocycles. The number of ketones is 1. The summed E-state index contributed by atoms with van der Waals surface area (Å²) in [7, 11) is 0. The number of hydrogen-bond donors (Lipinski definition) is 2. The van der Waals surface area contributed by atoms with E-state index in [0.29, 0.717) is 23.3 Å². The Hall–Kier alpha value is -2.47. The van der Waals surface area contributed by atoms with Crippen LogP contribution in [-0.4, -0.2) is 40.9 Å². The number of rotatable bonds is 3. The van der Waals surface area contributed by atoms with Crippen molar-refractivity contribution in [1.29, 1.82) is 0 Å². The fourth-order valence-electron chi connectivity index (χ4n) is 3.46. The summed E-state index contributed by atoms with van der Waals surface area (Å²) in [5.41, 5.74) is 6.62. The highest BCUT2D eigenvalue weighted by atomic mass is 16.1. The standard InChI is InChI=1S/C17H19N5O.3H2/c18-17-13(3-2-8-19-17)16(23)14-4-1-5-15(21-14)22-9-11-6-7-12(10-22)20-11;;;/h1-5,8,11-12,20H,6-7,9-10H2,(H2,18,19);3*1H. The van der Waals surface area contributed by atoms with Crippen molar-refractivity contribution in [3.63, 3.8) is 0 Å². The largest absolute Gasteiger partial charge is 0.383 e. The summed E-state index contributed by atoms with van der Waals surface area (Å²) in [6.45, 7) is 1.88. The zero-order valence-corrected chi connectivity index (χ0v) is 12.8. The van der Waals surface area contributed by atoms with Crippen molar-refractivity contribution < 1.29 is 9.07 Å². The van der Waals surface area contributed by atoms with Crippen molar-refractivity contribution >= 4 is 17.4 Å². The van der Waals surface area contributed by atoms with Crippen molar-refractivity contribution in [2.45, 2.75) is 24.9 Å². The van der Waals surface area contributed by atoms with Gasteiger partial charge in [-0.2, -0.15) is 0 Å². The number of aromatic nitrogens is 2. The van der Waals surface area contributed by atoms with E-state index >= 15 is 0 Å². The molecule has 2 bridgehead atoms. The molecule has 2 saturated heterocycles. The number of nitrogen functional groups attached to an aromatic ring is 1. The first-order valence-corrected chi connectivity index (χ1v) is 7.94. The summed E-state index contributed by atoms with van der Waals surface area (Å²) in [6, 6.07) is 10.0. The average Bonchev–Trinajstić information content (AvgIpc) is 2.93. The van der Waals surface area contributed by atoms with Gasteiger partial charge in [0.2, 0.25) is 5.78 Å². The minimum Gasteiger partial charge on any atom is -0.383 e. The number of nitrogens with two attached hydrogens (primary N) is 1. The number of nitrogens with one attached hydrogen (secondary N) is 1. The summed E-state index contributed by atoms with van der Waals surface area (Å²) in [5, 5.41) is 3.60. The summed E-state index contributed by atoms with van der Waals surface area (Å²) in [5.74, 6) is 0.914. The van der Waals surface area contributed by atoms with Crippen LogP contribution in [0.3, 0.4) is 0 Å². The van der Waals surface area contributed by atoms with Crippen molar-refractivity contribution in [3.05, 3.63) is 47.8 Å². The van der Waals surface area contributed by atoms with Crippen molar-refractivity contribution in [1.82, 2.24) is 15.3 Å². The van der Waals surface area contributed by atoms with Crippen LogP contribution in [0.5, 0.6) is 0 Å². The van der Waals surface area contributed by atoms with E-state index in [1.165, 1.54) is 12.8 Å². The molecule has 0 spiro atoms. The lowest BCUT2D eigenvalue weighted by molar-refractivity contribution is 0.103. The van der Waals surface area contributed by atoms with Gasteiger partial charge in [0.15, 0.2) is 0 Å². The first kappa shape index (κ1) is 14.1. The Morgan fingerprint density at radius 2 is 2.00 bits per heavy atom. The molecule has 2 aromatic rings. The van der Waals surface area contributed by atoms with Gasteiger partial charge >= 0.3 is 0 Å². The van der Waals surface area contributed by atoms with Gasteiger partial charge in [0, 0.05) is 35.6 Å². The van der Waals surface area contributed by atoms with E-state index in [9.17, 15) is 4.79 Å². The number of nitrogens with zero attached hydrogens (tertiary/aromatic N) is 3. The average molecular weight is 315 g/mol. The van der Waals surface area contributed by atoms with E-state index in [1.54, 1.807) is 24.4 Å². The summed E-state index contributed by atoms with van der Waals surface area (Å²) >= 11 is 0. The second-order valence-corrected chi connectivity index (χ2v) is 6.19.